The lowest BCUT2D eigenvalue weighted by Gasteiger charge is -2.28. The van der Waals surface area contributed by atoms with Gasteiger partial charge in [-0.05, 0) is 43.6 Å². The van der Waals surface area contributed by atoms with Crippen LogP contribution in [0.25, 0.3) is 0 Å². The molecule has 1 aliphatic rings. The Balaban J connectivity index is 1.74. The lowest BCUT2D eigenvalue weighted by molar-refractivity contribution is 0.0932. The molecular weight excluding hydrogens is 304 g/mol. The molecule has 6 nitrogen and oxygen atoms in total. The van der Waals surface area contributed by atoms with Crippen molar-refractivity contribution in [2.45, 2.75) is 18.9 Å². The van der Waals surface area contributed by atoms with Crippen LogP contribution < -0.4 is 10.1 Å². The summed E-state index contributed by atoms with van der Waals surface area (Å²) in [5, 5.41) is 2.99. The van der Waals surface area contributed by atoms with Crippen molar-refractivity contribution in [1.82, 2.24) is 20.2 Å². The van der Waals surface area contributed by atoms with E-state index in [1.807, 2.05) is 18.2 Å². The average molecular weight is 326 g/mol. The van der Waals surface area contributed by atoms with Crippen molar-refractivity contribution in [3.05, 3.63) is 54.1 Å². The van der Waals surface area contributed by atoms with Crippen molar-refractivity contribution in [2.24, 2.45) is 0 Å². The van der Waals surface area contributed by atoms with Crippen molar-refractivity contribution < 1.29 is 9.53 Å². The second-order valence-corrected chi connectivity index (χ2v) is 5.84. The fraction of sp³-hybridized carbons (Fsp3) is 0.389. The molecule has 0 saturated carbocycles. The molecule has 0 spiro atoms. The van der Waals surface area contributed by atoms with Crippen LogP contribution >= 0.6 is 0 Å². The van der Waals surface area contributed by atoms with Crippen molar-refractivity contribution in [3.63, 3.8) is 0 Å². The average Bonchev–Trinajstić information content (AvgIpc) is 3.17. The van der Waals surface area contributed by atoms with Crippen LogP contribution in [0.15, 0.2) is 42.9 Å². The van der Waals surface area contributed by atoms with E-state index in [2.05, 4.69) is 26.3 Å². The van der Waals surface area contributed by atoms with Crippen LogP contribution in [-0.2, 0) is 0 Å². The highest BCUT2D eigenvalue weighted by atomic mass is 16.5. The summed E-state index contributed by atoms with van der Waals surface area (Å²) >= 11 is 0. The van der Waals surface area contributed by atoms with Crippen LogP contribution in [0.2, 0.25) is 0 Å². The van der Waals surface area contributed by atoms with Gasteiger partial charge in [-0.1, -0.05) is 12.1 Å². The largest absolute Gasteiger partial charge is 0.497 e. The van der Waals surface area contributed by atoms with Gasteiger partial charge in [0.05, 0.1) is 19.3 Å². The summed E-state index contributed by atoms with van der Waals surface area (Å²) in [6.07, 6.45) is 6.94. The maximum atomic E-state index is 12.3. The van der Waals surface area contributed by atoms with Gasteiger partial charge in [0.15, 0.2) is 0 Å². The number of nitrogens with zero attached hydrogens (tertiary/aromatic N) is 3. The fourth-order valence-electron chi connectivity index (χ4n) is 3.06. The maximum Gasteiger partial charge on any atom is 0.271 e. The van der Waals surface area contributed by atoms with Gasteiger partial charge in [-0.2, -0.15) is 0 Å². The fourth-order valence-corrected chi connectivity index (χ4v) is 3.06. The molecule has 1 aromatic carbocycles. The maximum absolute atomic E-state index is 12.3. The van der Waals surface area contributed by atoms with Gasteiger partial charge in [-0.3, -0.25) is 14.7 Å². The Morgan fingerprint density at radius 1 is 1.33 bits per heavy atom. The number of ether oxygens (including phenoxy) is 1. The first-order valence-corrected chi connectivity index (χ1v) is 8.20. The molecule has 1 aliphatic heterocycles. The van der Waals surface area contributed by atoms with Gasteiger partial charge in [-0.25, -0.2) is 4.98 Å². The minimum atomic E-state index is -0.199. The first-order chi connectivity index (χ1) is 11.8. The summed E-state index contributed by atoms with van der Waals surface area (Å²) < 4.78 is 5.34. The molecule has 2 aromatic rings. The van der Waals surface area contributed by atoms with E-state index in [9.17, 15) is 4.79 Å². The quantitative estimate of drug-likeness (QED) is 0.880. The Kier molecular flexibility index (Phi) is 5.38. The molecule has 126 valence electrons. The molecule has 2 heterocycles. The van der Waals surface area contributed by atoms with E-state index < -0.39 is 0 Å². The van der Waals surface area contributed by atoms with Crippen LogP contribution in [0.3, 0.4) is 0 Å². The highest BCUT2D eigenvalue weighted by Gasteiger charge is 2.24. The van der Waals surface area contributed by atoms with E-state index in [0.717, 1.165) is 24.4 Å². The van der Waals surface area contributed by atoms with Crippen LogP contribution in [0.5, 0.6) is 5.75 Å². The number of carbonyl (C=O) groups excluding carboxylic acids is 1. The standard InChI is InChI=1S/C18H22N4O2/c1-24-15-6-4-5-14(11-15)17(22-9-2-3-10-22)13-21-18(23)16-12-19-7-8-20-16/h4-8,11-12,17H,2-3,9-10,13H2,1H3,(H,21,23)/t17-/m1/s1. The van der Waals surface area contributed by atoms with Gasteiger partial charge in [-0.15, -0.1) is 0 Å². The number of hydrogen-bond acceptors (Lipinski definition) is 5. The molecule has 0 unspecified atom stereocenters. The predicted molar refractivity (Wildman–Crippen MR) is 90.9 cm³/mol. The number of carbonyl (C=O) groups is 1. The van der Waals surface area contributed by atoms with Gasteiger partial charge in [0.1, 0.15) is 11.4 Å². The third-order valence-electron chi connectivity index (χ3n) is 4.31. The highest BCUT2D eigenvalue weighted by Crippen LogP contribution is 2.27. The zero-order valence-electron chi connectivity index (χ0n) is 13.8. The van der Waals surface area contributed by atoms with Crippen molar-refractivity contribution in [1.29, 1.82) is 0 Å². The zero-order valence-corrected chi connectivity index (χ0v) is 13.8. The Labute approximate surface area is 141 Å². The molecule has 1 saturated heterocycles. The van der Waals surface area contributed by atoms with E-state index in [0.29, 0.717) is 12.2 Å². The first-order valence-electron chi connectivity index (χ1n) is 8.20. The smallest absolute Gasteiger partial charge is 0.271 e. The molecule has 0 aliphatic carbocycles. The zero-order chi connectivity index (χ0) is 16.8. The summed E-state index contributed by atoms with van der Waals surface area (Å²) in [5.41, 5.74) is 1.49. The van der Waals surface area contributed by atoms with Crippen molar-refractivity contribution >= 4 is 5.91 Å². The Morgan fingerprint density at radius 3 is 2.88 bits per heavy atom. The van der Waals surface area contributed by atoms with E-state index in [-0.39, 0.29) is 11.9 Å². The summed E-state index contributed by atoms with van der Waals surface area (Å²) in [5.74, 6) is 0.632. The van der Waals surface area contributed by atoms with E-state index in [1.54, 1.807) is 13.3 Å². The van der Waals surface area contributed by atoms with Gasteiger partial charge in [0.2, 0.25) is 0 Å². The van der Waals surface area contributed by atoms with E-state index >= 15 is 0 Å². The second kappa shape index (κ2) is 7.88. The Morgan fingerprint density at radius 2 is 2.17 bits per heavy atom. The third-order valence-corrected chi connectivity index (χ3v) is 4.31. The monoisotopic (exact) mass is 326 g/mol. The highest BCUT2D eigenvalue weighted by molar-refractivity contribution is 5.91. The number of amides is 1. The second-order valence-electron chi connectivity index (χ2n) is 5.84. The molecule has 1 amide bonds. The molecule has 0 radical (unpaired) electrons. The summed E-state index contributed by atoms with van der Waals surface area (Å²) in [6, 6.07) is 8.17. The summed E-state index contributed by atoms with van der Waals surface area (Å²) in [4.78, 5) is 22.7. The number of likely N-dealkylation sites (tertiary alicyclic amines) is 1. The normalized spacial score (nSPS) is 15.9. The molecule has 24 heavy (non-hydrogen) atoms. The molecule has 3 rings (SSSR count). The minimum Gasteiger partial charge on any atom is -0.497 e. The minimum absolute atomic E-state index is 0.128. The number of benzene rings is 1. The van der Waals surface area contributed by atoms with Gasteiger partial charge >= 0.3 is 0 Å². The van der Waals surface area contributed by atoms with Crippen molar-refractivity contribution in [2.75, 3.05) is 26.7 Å². The number of aromatic nitrogens is 2. The van der Waals surface area contributed by atoms with Crippen LogP contribution in [0, 0.1) is 0 Å². The summed E-state index contributed by atoms with van der Waals surface area (Å²) in [7, 11) is 1.67. The summed E-state index contributed by atoms with van der Waals surface area (Å²) in [6.45, 7) is 2.62. The molecule has 1 aromatic heterocycles. The number of hydrogen-bond donors (Lipinski definition) is 1. The van der Waals surface area contributed by atoms with E-state index in [1.165, 1.54) is 25.2 Å². The molecule has 1 N–H and O–H groups in total. The predicted octanol–water partition coefficient (Wildman–Crippen LogP) is 2.05. The first kappa shape index (κ1) is 16.4. The van der Waals surface area contributed by atoms with Crippen LogP contribution in [-0.4, -0.2) is 47.5 Å². The van der Waals surface area contributed by atoms with Gasteiger partial charge in [0, 0.05) is 18.9 Å². The Bertz CT molecular complexity index is 672. The molecular formula is C18H22N4O2. The topological polar surface area (TPSA) is 67.3 Å². The molecule has 1 fully saturated rings. The van der Waals surface area contributed by atoms with E-state index in [4.69, 9.17) is 4.74 Å². The molecule has 1 atom stereocenters. The lowest BCUT2D eigenvalue weighted by Crippen LogP contribution is -2.37. The van der Waals surface area contributed by atoms with Gasteiger partial charge < -0.3 is 10.1 Å². The van der Waals surface area contributed by atoms with Crippen molar-refractivity contribution in [3.8, 4) is 5.75 Å². The number of rotatable bonds is 6. The van der Waals surface area contributed by atoms with Crippen LogP contribution in [0.1, 0.15) is 34.9 Å². The molecule has 0 bridgehead atoms. The number of methoxy groups -OCH3 is 1. The third kappa shape index (κ3) is 3.89. The van der Waals surface area contributed by atoms with Crippen LogP contribution in [0.4, 0.5) is 0 Å². The number of nitrogens with one attached hydrogen (secondary N) is 1. The Hall–Kier alpha value is -2.47. The van der Waals surface area contributed by atoms with Gasteiger partial charge in [0.25, 0.3) is 5.91 Å². The SMILES string of the molecule is COc1cccc([C@@H](CNC(=O)c2cnccn2)N2CCCC2)c1. The lowest BCUT2D eigenvalue weighted by atomic mass is 10.0. The molecule has 6 heteroatoms.